The molecule has 0 aromatic heterocycles. The fraction of sp³-hybridized carbons (Fsp3) is 0.586. The first-order valence-corrected chi connectivity index (χ1v) is 21.9. The van der Waals surface area contributed by atoms with Crippen molar-refractivity contribution in [2.75, 3.05) is 53.1 Å². The van der Waals surface area contributed by atoms with E-state index in [4.69, 9.17) is 51.7 Å². The fourth-order valence-electron chi connectivity index (χ4n) is 5.01. The monoisotopic (exact) mass is 728 g/mol. The number of benzene rings is 2. The van der Waals surface area contributed by atoms with Crippen LogP contribution in [0.2, 0.25) is 0 Å². The highest BCUT2D eigenvalue weighted by atomic mass is 31.3. The van der Waals surface area contributed by atoms with E-state index in [-0.39, 0.29) is 33.3 Å². The van der Waals surface area contributed by atoms with Crippen LogP contribution in [0.5, 0.6) is 11.5 Å². The number of nitrogens with zero attached hydrogens (tertiary/aromatic N) is 3. The van der Waals surface area contributed by atoms with Crippen molar-refractivity contribution >= 4 is 22.5 Å². The Labute approximate surface area is 286 Å². The van der Waals surface area contributed by atoms with Crippen LogP contribution in [0.3, 0.4) is 0 Å². The van der Waals surface area contributed by atoms with Gasteiger partial charge in [-0.1, -0.05) is 63.3 Å². The summed E-state index contributed by atoms with van der Waals surface area (Å²) >= 11 is 0. The Morgan fingerprint density at radius 2 is 0.833 bits per heavy atom. The molecule has 1 unspecified atom stereocenters. The van der Waals surface area contributed by atoms with Crippen LogP contribution in [0.15, 0.2) is 62.1 Å². The molecule has 0 amide bonds. The Morgan fingerprint density at radius 1 is 0.479 bits per heavy atom. The van der Waals surface area contributed by atoms with Gasteiger partial charge in [-0.3, -0.25) is 5.09 Å². The van der Waals surface area contributed by atoms with Crippen molar-refractivity contribution in [1.82, 2.24) is 30.5 Å². The molecule has 1 aliphatic rings. The van der Waals surface area contributed by atoms with Gasteiger partial charge in [0.1, 0.15) is 11.5 Å². The quantitative estimate of drug-likeness (QED) is 0.0369. The Balaban J connectivity index is 1.52. The second-order valence-corrected chi connectivity index (χ2v) is 18.7. The van der Waals surface area contributed by atoms with Gasteiger partial charge in [0.2, 0.25) is 22.5 Å². The maximum absolute atomic E-state index is 6.04. The van der Waals surface area contributed by atoms with Crippen LogP contribution < -0.4 is 68.7 Å². The van der Waals surface area contributed by atoms with Crippen LogP contribution in [0.4, 0.5) is 0 Å². The highest BCUT2D eigenvalue weighted by Gasteiger charge is 2.36. The van der Waals surface area contributed by atoms with Crippen molar-refractivity contribution in [3.8, 4) is 22.6 Å². The van der Waals surface area contributed by atoms with E-state index in [1.165, 1.54) is 32.1 Å². The van der Waals surface area contributed by atoms with Gasteiger partial charge in [0.05, 0.1) is 46.6 Å². The first-order chi connectivity index (χ1) is 23.4. The molecule has 19 heteroatoms. The lowest BCUT2D eigenvalue weighted by Gasteiger charge is -2.37. The molecular weight excluding hydrogens is 669 g/mol. The summed E-state index contributed by atoms with van der Waals surface area (Å²) in [7, 11) is -8.41. The lowest BCUT2D eigenvalue weighted by molar-refractivity contribution is 0.304. The zero-order valence-electron chi connectivity index (χ0n) is 28.3. The Kier molecular flexibility index (Phi) is 18.8. The molecule has 0 fully saturated rings. The van der Waals surface area contributed by atoms with Crippen LogP contribution in [-0.2, 0) is 0 Å². The van der Waals surface area contributed by atoms with Gasteiger partial charge >= 0.3 is 0 Å². The molecule has 0 saturated carbocycles. The normalized spacial score (nSPS) is 18.0. The van der Waals surface area contributed by atoms with Crippen molar-refractivity contribution in [2.24, 2.45) is 42.2 Å². The van der Waals surface area contributed by atoms with E-state index in [0.717, 1.165) is 48.5 Å². The number of ether oxygens (including phenoxy) is 2. The smallest absolute Gasteiger partial charge is 0.218 e. The Hall–Kier alpha value is -1.71. The van der Waals surface area contributed by atoms with Gasteiger partial charge in [-0.05, 0) is 54.7 Å². The van der Waals surface area contributed by atoms with Gasteiger partial charge in [-0.15, -0.1) is 0 Å². The highest BCUT2D eigenvalue weighted by Crippen LogP contribution is 2.70. The molecule has 0 bridgehead atoms. The largest absolute Gasteiger partial charge is 0.494 e. The summed E-state index contributed by atoms with van der Waals surface area (Å²) in [4.78, 5) is 0. The summed E-state index contributed by atoms with van der Waals surface area (Å²) in [6.45, 7) is 4.81. The molecule has 272 valence electrons. The molecule has 0 radical (unpaired) electrons. The van der Waals surface area contributed by atoms with Crippen LogP contribution in [0.1, 0.15) is 58.3 Å². The predicted molar refractivity (Wildman–Crippen MR) is 202 cm³/mol. The van der Waals surface area contributed by atoms with Gasteiger partial charge in [-0.25, -0.2) is 25.4 Å². The molecule has 48 heavy (non-hydrogen) atoms. The van der Waals surface area contributed by atoms with E-state index in [0.29, 0.717) is 13.2 Å². The van der Waals surface area contributed by atoms with Crippen LogP contribution >= 0.6 is 22.5 Å². The highest BCUT2D eigenvalue weighted by molar-refractivity contribution is 7.83. The van der Waals surface area contributed by atoms with Crippen LogP contribution in [0, 0.1) is 0 Å². The second-order valence-electron chi connectivity index (χ2n) is 11.0. The molecule has 0 spiro atoms. The Morgan fingerprint density at radius 3 is 1.23 bits per heavy atom. The summed E-state index contributed by atoms with van der Waals surface area (Å²) in [6, 6.07) is 16.4. The number of nitrogens with one attached hydrogen (secondary N) is 6. The fourth-order valence-corrected chi connectivity index (χ4v) is 16.0. The van der Waals surface area contributed by atoms with E-state index in [1.807, 2.05) is 24.3 Å². The van der Waals surface area contributed by atoms with Crippen LogP contribution in [-0.4, -0.2) is 53.1 Å². The van der Waals surface area contributed by atoms with Gasteiger partial charge < -0.3 is 38.1 Å². The SMILES string of the molecule is CCCCCCCCOc1ccc(-c2ccc(OCCCCNP3(NCN)=NP(NCN)(NCN)=NP(NCN)(NCN)=N3)cc2)cc1. The van der Waals surface area contributed by atoms with Gasteiger partial charge in [0.25, 0.3) is 0 Å². The minimum atomic E-state index is -2.81. The van der Waals surface area contributed by atoms with E-state index >= 15 is 0 Å². The molecule has 16 N–H and O–H groups in total. The third-order valence-corrected chi connectivity index (χ3v) is 17.3. The topological polar surface area (TPSA) is 258 Å². The third kappa shape index (κ3) is 13.2. The molecule has 16 nitrogen and oxygen atoms in total. The molecule has 2 aromatic rings. The number of hydrogen-bond acceptors (Lipinski definition) is 16. The average molecular weight is 729 g/mol. The lowest BCUT2D eigenvalue weighted by atomic mass is 10.1. The maximum atomic E-state index is 6.04. The first-order valence-electron chi connectivity index (χ1n) is 16.8. The van der Waals surface area contributed by atoms with Crippen molar-refractivity contribution < 1.29 is 9.47 Å². The Bertz CT molecular complexity index is 1330. The van der Waals surface area contributed by atoms with E-state index < -0.39 is 22.5 Å². The van der Waals surface area contributed by atoms with Crippen molar-refractivity contribution in [1.29, 1.82) is 0 Å². The molecule has 1 heterocycles. The lowest BCUT2D eigenvalue weighted by Crippen LogP contribution is -2.36. The molecule has 1 atom stereocenters. The predicted octanol–water partition coefficient (Wildman–Crippen LogP) is 4.22. The van der Waals surface area contributed by atoms with Gasteiger partial charge in [0, 0.05) is 6.54 Å². The summed E-state index contributed by atoms with van der Waals surface area (Å²) in [6.07, 6.45) is 9.16. The molecule has 2 aromatic carbocycles. The zero-order valence-corrected chi connectivity index (χ0v) is 31.0. The van der Waals surface area contributed by atoms with Crippen molar-refractivity contribution in [2.45, 2.75) is 58.3 Å². The molecule has 0 saturated heterocycles. The second kappa shape index (κ2) is 22.2. The first kappa shape index (κ1) is 40.7. The third-order valence-electron chi connectivity index (χ3n) is 7.32. The number of nitrogens with two attached hydrogens (primary N) is 5. The molecular formula is C29H59N14O2P3. The van der Waals surface area contributed by atoms with Gasteiger partial charge in [-0.2, -0.15) is 13.5 Å². The summed E-state index contributed by atoms with van der Waals surface area (Å²) in [5, 5.41) is 19.6. The van der Waals surface area contributed by atoms with Crippen molar-refractivity contribution in [3.05, 3.63) is 48.5 Å². The van der Waals surface area contributed by atoms with Crippen molar-refractivity contribution in [3.63, 3.8) is 0 Å². The minimum absolute atomic E-state index is 0.126. The summed E-state index contributed by atoms with van der Waals surface area (Å²) < 4.78 is 27.0. The molecule has 3 rings (SSSR count). The zero-order chi connectivity index (χ0) is 34.6. The molecule has 1 aliphatic heterocycles. The molecule has 0 aliphatic carbocycles. The number of unbranched alkanes of at least 4 members (excludes halogenated alkanes) is 6. The maximum Gasteiger partial charge on any atom is 0.218 e. The van der Waals surface area contributed by atoms with E-state index in [1.54, 1.807) is 0 Å². The standard InChI is InChI=1S/C29H59N14O2P3/c1-2-3-4-5-6-8-19-44-28-14-10-26(11-15-28)27-12-16-29(17-13-27)45-20-9-7-18-35-46(36-21-30)41-47(37-22-31,38-23-32)43-48(42-46,39-24-33)40-25-34/h10-17,35-40H,2-9,18-25,30-34H2,1H3. The van der Waals surface area contributed by atoms with E-state index in [2.05, 4.69) is 61.7 Å². The van der Waals surface area contributed by atoms with E-state index in [9.17, 15) is 0 Å². The minimum Gasteiger partial charge on any atom is -0.494 e. The summed E-state index contributed by atoms with van der Waals surface area (Å²) in [5.41, 5.74) is 31.8. The average Bonchev–Trinajstić information content (AvgIpc) is 3.07. The summed E-state index contributed by atoms with van der Waals surface area (Å²) in [5.74, 6) is 1.74. The van der Waals surface area contributed by atoms with Gasteiger partial charge in [0.15, 0.2) is 0 Å². The number of rotatable bonds is 26. The number of hydrogen-bond donors (Lipinski definition) is 11. The van der Waals surface area contributed by atoms with Crippen LogP contribution in [0.25, 0.3) is 11.1 Å².